The quantitative estimate of drug-likeness (QED) is 0.324. The predicted octanol–water partition coefficient (Wildman–Crippen LogP) is 2.40. The summed E-state index contributed by atoms with van der Waals surface area (Å²) in [7, 11) is 0. The fourth-order valence-electron chi connectivity index (χ4n) is 7.01. The number of alkyl halides is 3. The monoisotopic (exact) mass is 581 g/mol. The van der Waals surface area contributed by atoms with Gasteiger partial charge < -0.3 is 30.0 Å². The Labute approximate surface area is 234 Å². The molecule has 41 heavy (non-hydrogen) atoms. The van der Waals surface area contributed by atoms with Crippen LogP contribution in [0.15, 0.2) is 12.1 Å². The number of hydrogen-bond donors (Lipinski definition) is 4. The van der Waals surface area contributed by atoms with Crippen molar-refractivity contribution in [3.8, 4) is 5.88 Å². The topological polar surface area (TPSA) is 147 Å². The van der Waals surface area contributed by atoms with E-state index in [1.165, 1.54) is 0 Å². The Morgan fingerprint density at radius 3 is 2.76 bits per heavy atom. The average molecular weight is 582 g/mol. The van der Waals surface area contributed by atoms with Crippen molar-refractivity contribution in [3.05, 3.63) is 17.8 Å². The van der Waals surface area contributed by atoms with Gasteiger partial charge in [-0.1, -0.05) is 0 Å². The molecule has 0 amide bonds. The first-order valence-electron chi connectivity index (χ1n) is 13.9. The van der Waals surface area contributed by atoms with E-state index < -0.39 is 35.8 Å². The molecule has 6 unspecified atom stereocenters. The fraction of sp³-hybridized carbons (Fsp3) is 0.692. The molecule has 4 saturated carbocycles. The second-order valence-corrected chi connectivity index (χ2v) is 11.5. The Balaban J connectivity index is 1.22. The molecule has 4 N–H and O–H groups in total. The van der Waals surface area contributed by atoms with Crippen LogP contribution < -0.4 is 15.4 Å². The molecule has 0 aromatic carbocycles. The van der Waals surface area contributed by atoms with Crippen LogP contribution in [-0.2, 0) is 14.3 Å². The number of anilines is 3. The lowest BCUT2D eigenvalue weighted by atomic mass is 9.51. The van der Waals surface area contributed by atoms with Gasteiger partial charge in [0.2, 0.25) is 11.8 Å². The minimum Gasteiger partial charge on any atom is -0.476 e. The molecular weight excluding hydrogens is 547 g/mol. The largest absolute Gasteiger partial charge is 0.490 e. The lowest BCUT2D eigenvalue weighted by Gasteiger charge is -2.61. The molecule has 15 heteroatoms. The second kappa shape index (κ2) is 10.9. The summed E-state index contributed by atoms with van der Waals surface area (Å²) in [5.74, 6) is -1.22. The Morgan fingerprint density at radius 2 is 2.02 bits per heavy atom. The van der Waals surface area contributed by atoms with Crippen LogP contribution in [0.3, 0.4) is 0 Å². The number of ether oxygens (including phenoxy) is 3. The SMILES string of the molecule is Cc1cc(Nc2cc(OCCN3CCOCC3)nc(NC3C4CC5CC3C(OC(=O)C(F)(F)F)C(O)(C5)C4)n2)n[nH]1. The van der Waals surface area contributed by atoms with Crippen molar-refractivity contribution < 1.29 is 37.3 Å². The Kier molecular flexibility index (Phi) is 7.44. The van der Waals surface area contributed by atoms with E-state index in [1.807, 2.05) is 13.0 Å². The fourth-order valence-corrected chi connectivity index (χ4v) is 7.01. The molecule has 4 aliphatic carbocycles. The van der Waals surface area contributed by atoms with E-state index in [1.54, 1.807) is 6.07 Å². The number of aliphatic hydroxyl groups is 1. The third-order valence-electron chi connectivity index (χ3n) is 8.57. The third kappa shape index (κ3) is 6.06. The molecule has 6 atom stereocenters. The van der Waals surface area contributed by atoms with Gasteiger partial charge in [0.05, 0.1) is 13.2 Å². The Morgan fingerprint density at radius 1 is 1.22 bits per heavy atom. The van der Waals surface area contributed by atoms with E-state index in [-0.39, 0.29) is 24.2 Å². The van der Waals surface area contributed by atoms with Crippen molar-refractivity contribution in [2.24, 2.45) is 17.8 Å². The van der Waals surface area contributed by atoms with Gasteiger partial charge in [0, 0.05) is 49.4 Å². The van der Waals surface area contributed by atoms with Gasteiger partial charge in [-0.15, -0.1) is 0 Å². The molecular formula is C26H34F3N7O5. The van der Waals surface area contributed by atoms with Gasteiger partial charge >= 0.3 is 12.1 Å². The molecule has 5 aliphatic rings. The highest BCUT2D eigenvalue weighted by atomic mass is 19.4. The zero-order valence-corrected chi connectivity index (χ0v) is 22.6. The van der Waals surface area contributed by atoms with Crippen molar-refractivity contribution in [2.45, 2.75) is 56.5 Å². The maximum atomic E-state index is 13.1. The second-order valence-electron chi connectivity index (χ2n) is 11.5. The molecule has 5 fully saturated rings. The van der Waals surface area contributed by atoms with Crippen molar-refractivity contribution in [1.82, 2.24) is 25.1 Å². The number of esters is 1. The first-order chi connectivity index (χ1) is 19.6. The number of morpholine rings is 1. The highest BCUT2D eigenvalue weighted by Crippen LogP contribution is 2.57. The van der Waals surface area contributed by atoms with Crippen LogP contribution in [0.25, 0.3) is 0 Å². The van der Waals surface area contributed by atoms with E-state index in [4.69, 9.17) is 14.2 Å². The van der Waals surface area contributed by atoms with Gasteiger partial charge in [0.25, 0.3) is 0 Å². The number of halogens is 3. The zero-order chi connectivity index (χ0) is 28.8. The van der Waals surface area contributed by atoms with Crippen molar-refractivity contribution in [1.29, 1.82) is 0 Å². The van der Waals surface area contributed by atoms with Gasteiger partial charge in [-0.3, -0.25) is 10.00 Å². The Bertz CT molecular complexity index is 1260. The van der Waals surface area contributed by atoms with Gasteiger partial charge in [-0.2, -0.15) is 28.2 Å². The number of rotatable bonds is 9. The summed E-state index contributed by atoms with van der Waals surface area (Å²) in [6, 6.07) is 3.07. The minimum atomic E-state index is -5.14. The summed E-state index contributed by atoms with van der Waals surface area (Å²) in [5.41, 5.74) is -0.626. The highest BCUT2D eigenvalue weighted by molar-refractivity contribution is 5.76. The highest BCUT2D eigenvalue weighted by Gasteiger charge is 2.63. The van der Waals surface area contributed by atoms with Crippen molar-refractivity contribution in [3.63, 3.8) is 0 Å². The molecule has 1 saturated heterocycles. The summed E-state index contributed by atoms with van der Waals surface area (Å²) in [4.78, 5) is 23.2. The number of aromatic nitrogens is 4. The summed E-state index contributed by atoms with van der Waals surface area (Å²) >= 11 is 0. The van der Waals surface area contributed by atoms with Crippen molar-refractivity contribution >= 4 is 23.6 Å². The van der Waals surface area contributed by atoms with Crippen LogP contribution in [0, 0.1) is 24.7 Å². The van der Waals surface area contributed by atoms with Crippen molar-refractivity contribution in [2.75, 3.05) is 50.1 Å². The average Bonchev–Trinajstić information content (AvgIpc) is 3.32. The van der Waals surface area contributed by atoms with Crippen LogP contribution in [0.4, 0.5) is 30.8 Å². The first kappa shape index (κ1) is 28.0. The van der Waals surface area contributed by atoms with Crippen LogP contribution in [-0.4, -0.2) is 99.5 Å². The van der Waals surface area contributed by atoms with Gasteiger partial charge in [-0.25, -0.2) is 4.79 Å². The number of H-pyrrole nitrogens is 1. The smallest absolute Gasteiger partial charge is 0.476 e. The molecule has 2 aromatic rings. The molecule has 0 radical (unpaired) electrons. The summed E-state index contributed by atoms with van der Waals surface area (Å²) in [5, 5.41) is 24.8. The molecule has 12 nitrogen and oxygen atoms in total. The standard InChI is InChI=1S/C26H34F3N7O5/c1-14-8-19(35-34-14)30-18-11-20(40-7-4-36-2-5-39-6-3-36)32-24(31-18)33-21-16-9-15-10-17(21)22(25(38,12-15)13-16)41-23(37)26(27,28)29/h8,11,15-17,21-22,38H,2-7,9-10,12-13H2,1H3,(H3,30,31,32,33,34,35). The van der Waals surface area contributed by atoms with E-state index in [2.05, 4.69) is 35.7 Å². The van der Waals surface area contributed by atoms with Crippen LogP contribution in [0.1, 0.15) is 31.4 Å². The number of nitrogens with one attached hydrogen (secondary N) is 3. The van der Waals surface area contributed by atoms with E-state index in [0.717, 1.165) is 25.2 Å². The zero-order valence-electron chi connectivity index (χ0n) is 22.6. The molecule has 0 spiro atoms. The molecule has 3 heterocycles. The maximum absolute atomic E-state index is 13.1. The summed E-state index contributed by atoms with van der Waals surface area (Å²) in [6.07, 6.45) is -4.54. The normalized spacial score (nSPS) is 31.2. The number of aromatic amines is 1. The summed E-state index contributed by atoms with van der Waals surface area (Å²) in [6.45, 7) is 5.95. The minimum absolute atomic E-state index is 0.0433. The number of aryl methyl sites for hydroxylation is 1. The third-order valence-corrected chi connectivity index (χ3v) is 8.57. The number of nitrogens with zero attached hydrogens (tertiary/aromatic N) is 4. The van der Waals surface area contributed by atoms with E-state index in [9.17, 15) is 23.1 Å². The van der Waals surface area contributed by atoms with Crippen LogP contribution in [0.5, 0.6) is 5.88 Å². The van der Waals surface area contributed by atoms with Crippen LogP contribution >= 0.6 is 0 Å². The molecule has 1 aliphatic heterocycles. The molecule has 4 bridgehead atoms. The maximum Gasteiger partial charge on any atom is 0.490 e. The van der Waals surface area contributed by atoms with Gasteiger partial charge in [0.1, 0.15) is 24.1 Å². The molecule has 7 rings (SSSR count). The number of carbonyl (C=O) groups excluding carboxylic acids is 1. The molecule has 224 valence electrons. The number of hydrogen-bond acceptors (Lipinski definition) is 11. The van der Waals surface area contributed by atoms with Gasteiger partial charge in [-0.05, 0) is 44.4 Å². The Hall–Kier alpha value is -3.17. The van der Waals surface area contributed by atoms with E-state index >= 15 is 0 Å². The van der Waals surface area contributed by atoms with Gasteiger partial charge in [0.15, 0.2) is 5.82 Å². The van der Waals surface area contributed by atoms with Crippen LogP contribution in [0.2, 0.25) is 0 Å². The first-order valence-corrected chi connectivity index (χ1v) is 13.9. The lowest BCUT2D eigenvalue weighted by molar-refractivity contribution is -0.249. The molecule has 2 aromatic heterocycles. The number of carbonyl (C=O) groups is 1. The summed E-state index contributed by atoms with van der Waals surface area (Å²) < 4.78 is 55.6. The predicted molar refractivity (Wildman–Crippen MR) is 139 cm³/mol. The van der Waals surface area contributed by atoms with E-state index in [0.29, 0.717) is 56.7 Å². The lowest BCUT2D eigenvalue weighted by Crippen LogP contribution is -2.68.